The van der Waals surface area contributed by atoms with Crippen molar-refractivity contribution in [1.82, 2.24) is 10.6 Å². The number of benzene rings is 2. The molecule has 8 heteroatoms. The second kappa shape index (κ2) is 13.4. The highest BCUT2D eigenvalue weighted by molar-refractivity contribution is 9.10. The molecule has 2 rings (SSSR count). The Morgan fingerprint density at radius 1 is 0.774 bits per heavy atom. The molecule has 0 aliphatic carbocycles. The molecular weight excluding hydrogens is 528 g/mol. The van der Waals surface area contributed by atoms with E-state index in [2.05, 4.69) is 56.3 Å². The van der Waals surface area contributed by atoms with Crippen molar-refractivity contribution in [3.8, 4) is 11.5 Å². The zero-order valence-corrected chi connectivity index (χ0v) is 21.0. The topological polar surface area (TPSA) is 76.7 Å². The van der Waals surface area contributed by atoms with Crippen molar-refractivity contribution in [3.63, 3.8) is 0 Å². The predicted molar refractivity (Wildman–Crippen MR) is 129 cm³/mol. The lowest BCUT2D eigenvalue weighted by Crippen LogP contribution is -2.34. The van der Waals surface area contributed by atoms with Crippen LogP contribution in [0.25, 0.3) is 0 Å². The highest BCUT2D eigenvalue weighted by Crippen LogP contribution is 2.27. The van der Waals surface area contributed by atoms with Crippen LogP contribution in [-0.4, -0.2) is 38.1 Å². The summed E-state index contributed by atoms with van der Waals surface area (Å²) in [5, 5.41) is 5.55. The van der Waals surface area contributed by atoms with Crippen LogP contribution in [0.15, 0.2) is 45.3 Å². The van der Waals surface area contributed by atoms with Crippen LogP contribution in [-0.2, 0) is 22.4 Å². The molecule has 2 amide bonds. The fraction of sp³-hybridized carbons (Fsp3) is 0.391. The summed E-state index contributed by atoms with van der Waals surface area (Å²) in [6.45, 7) is 4.93. The summed E-state index contributed by atoms with van der Waals surface area (Å²) in [5.74, 6) is 0.856. The van der Waals surface area contributed by atoms with E-state index >= 15 is 0 Å². The van der Waals surface area contributed by atoms with Crippen LogP contribution < -0.4 is 20.1 Å². The van der Waals surface area contributed by atoms with Crippen molar-refractivity contribution in [1.29, 1.82) is 0 Å². The fourth-order valence-corrected chi connectivity index (χ4v) is 3.78. The van der Waals surface area contributed by atoms with Gasteiger partial charge in [0, 0.05) is 13.1 Å². The monoisotopic (exact) mass is 554 g/mol. The molecule has 0 fully saturated rings. The Balaban J connectivity index is 1.58. The molecule has 2 aromatic rings. The largest absolute Gasteiger partial charge is 0.483 e. The van der Waals surface area contributed by atoms with Gasteiger partial charge in [0.25, 0.3) is 11.8 Å². The lowest BCUT2D eigenvalue weighted by molar-refractivity contribution is -0.123. The predicted octanol–water partition coefficient (Wildman–Crippen LogP) is 4.42. The summed E-state index contributed by atoms with van der Waals surface area (Å²) in [5.41, 5.74) is 2.39. The Kier molecular flexibility index (Phi) is 10.9. The third-order valence-electron chi connectivity index (χ3n) is 4.52. The zero-order chi connectivity index (χ0) is 22.6. The van der Waals surface area contributed by atoms with Gasteiger partial charge in [-0.2, -0.15) is 0 Å². The van der Waals surface area contributed by atoms with E-state index < -0.39 is 0 Å². The first kappa shape index (κ1) is 25.2. The summed E-state index contributed by atoms with van der Waals surface area (Å²) in [7, 11) is 0. The quantitative estimate of drug-likeness (QED) is 0.380. The molecule has 0 radical (unpaired) electrons. The van der Waals surface area contributed by atoms with E-state index in [9.17, 15) is 9.59 Å². The maximum atomic E-state index is 11.9. The number of carbonyl (C=O) groups excluding carboxylic acids is 2. The number of nitrogens with one attached hydrogen (secondary N) is 2. The lowest BCUT2D eigenvalue weighted by Gasteiger charge is -2.11. The van der Waals surface area contributed by atoms with E-state index in [1.54, 1.807) is 0 Å². The van der Waals surface area contributed by atoms with Gasteiger partial charge < -0.3 is 20.1 Å². The Morgan fingerprint density at radius 2 is 1.19 bits per heavy atom. The summed E-state index contributed by atoms with van der Waals surface area (Å²) >= 11 is 6.91. The van der Waals surface area contributed by atoms with Crippen LogP contribution in [0.4, 0.5) is 0 Å². The Bertz CT molecular complexity index is 818. The van der Waals surface area contributed by atoms with Gasteiger partial charge in [-0.15, -0.1) is 0 Å². The Morgan fingerprint density at radius 3 is 1.55 bits per heavy atom. The average Bonchev–Trinajstić information content (AvgIpc) is 2.76. The minimum absolute atomic E-state index is 0.0596. The van der Waals surface area contributed by atoms with Gasteiger partial charge in [0.2, 0.25) is 0 Å². The maximum Gasteiger partial charge on any atom is 0.257 e. The maximum absolute atomic E-state index is 11.9. The van der Waals surface area contributed by atoms with Gasteiger partial charge in [-0.25, -0.2) is 0 Å². The SMILES string of the molecule is CCc1ccc(OCC(=O)NCCCNC(=O)COc2ccc(CC)cc2Br)c(Br)c1. The second-order valence-electron chi connectivity index (χ2n) is 6.87. The van der Waals surface area contributed by atoms with E-state index in [4.69, 9.17) is 9.47 Å². The van der Waals surface area contributed by atoms with Crippen molar-refractivity contribution < 1.29 is 19.1 Å². The van der Waals surface area contributed by atoms with E-state index in [0.717, 1.165) is 21.8 Å². The second-order valence-corrected chi connectivity index (χ2v) is 8.58. The minimum Gasteiger partial charge on any atom is -0.483 e. The Labute approximate surface area is 200 Å². The molecule has 0 atom stereocenters. The number of amides is 2. The normalized spacial score (nSPS) is 10.5. The first-order chi connectivity index (χ1) is 14.9. The van der Waals surface area contributed by atoms with Crippen LogP contribution >= 0.6 is 31.9 Å². The molecule has 0 aliphatic rings. The van der Waals surface area contributed by atoms with Crippen molar-refractivity contribution in [2.24, 2.45) is 0 Å². The standard InChI is InChI=1S/C23H28Br2N2O4/c1-3-16-6-8-20(18(24)12-16)30-14-22(28)26-10-5-11-27-23(29)15-31-21-9-7-17(4-2)13-19(21)25/h6-9,12-13H,3-5,10-11,14-15H2,1-2H3,(H,26,28)(H,27,29). The van der Waals surface area contributed by atoms with E-state index in [1.165, 1.54) is 11.1 Å². The molecule has 6 nitrogen and oxygen atoms in total. The summed E-state index contributed by atoms with van der Waals surface area (Å²) in [4.78, 5) is 23.8. The molecular formula is C23H28Br2N2O4. The van der Waals surface area contributed by atoms with Crippen molar-refractivity contribution >= 4 is 43.7 Å². The van der Waals surface area contributed by atoms with Gasteiger partial charge in [0.05, 0.1) is 8.95 Å². The van der Waals surface area contributed by atoms with Crippen LogP contribution in [0, 0.1) is 0 Å². The molecule has 0 unspecified atom stereocenters. The molecule has 0 saturated carbocycles. The third-order valence-corrected chi connectivity index (χ3v) is 5.76. The molecule has 0 spiro atoms. The van der Waals surface area contributed by atoms with Crippen molar-refractivity contribution in [2.75, 3.05) is 26.3 Å². The number of aryl methyl sites for hydroxylation is 2. The van der Waals surface area contributed by atoms with E-state index in [1.807, 2.05) is 36.4 Å². The van der Waals surface area contributed by atoms with Crippen LogP contribution in [0.2, 0.25) is 0 Å². The summed E-state index contributed by atoms with van der Waals surface area (Å²) in [6, 6.07) is 11.6. The van der Waals surface area contributed by atoms with Crippen molar-refractivity contribution in [2.45, 2.75) is 33.1 Å². The zero-order valence-electron chi connectivity index (χ0n) is 17.8. The first-order valence-electron chi connectivity index (χ1n) is 10.3. The van der Waals surface area contributed by atoms with Gasteiger partial charge in [-0.3, -0.25) is 9.59 Å². The van der Waals surface area contributed by atoms with Gasteiger partial charge in [-0.1, -0.05) is 26.0 Å². The fourth-order valence-electron chi connectivity index (χ4n) is 2.70. The molecule has 0 aromatic heterocycles. The molecule has 0 heterocycles. The molecule has 31 heavy (non-hydrogen) atoms. The number of hydrogen-bond donors (Lipinski definition) is 2. The number of hydrogen-bond acceptors (Lipinski definition) is 4. The molecule has 168 valence electrons. The summed E-state index contributed by atoms with van der Waals surface area (Å²) in [6.07, 6.45) is 2.48. The van der Waals surface area contributed by atoms with Crippen molar-refractivity contribution in [3.05, 3.63) is 56.5 Å². The molecule has 0 aliphatic heterocycles. The highest BCUT2D eigenvalue weighted by atomic mass is 79.9. The lowest BCUT2D eigenvalue weighted by atomic mass is 10.2. The highest BCUT2D eigenvalue weighted by Gasteiger charge is 2.08. The first-order valence-corrected chi connectivity index (χ1v) is 11.9. The number of rotatable bonds is 12. The van der Waals surface area contributed by atoms with Crippen LogP contribution in [0.1, 0.15) is 31.4 Å². The molecule has 0 bridgehead atoms. The smallest absolute Gasteiger partial charge is 0.257 e. The minimum atomic E-state index is -0.207. The molecule has 2 aromatic carbocycles. The summed E-state index contributed by atoms with van der Waals surface area (Å²) < 4.78 is 12.7. The molecule has 0 saturated heterocycles. The Hall–Kier alpha value is -2.06. The van der Waals surface area contributed by atoms with E-state index in [0.29, 0.717) is 31.0 Å². The van der Waals surface area contributed by atoms with Gasteiger partial charge >= 0.3 is 0 Å². The van der Waals surface area contributed by atoms with Gasteiger partial charge in [0.1, 0.15) is 11.5 Å². The van der Waals surface area contributed by atoms with E-state index in [-0.39, 0.29) is 25.0 Å². The van der Waals surface area contributed by atoms with Crippen LogP contribution in [0.3, 0.4) is 0 Å². The van der Waals surface area contributed by atoms with Gasteiger partial charge in [-0.05, 0) is 86.5 Å². The number of halogens is 2. The average molecular weight is 556 g/mol. The van der Waals surface area contributed by atoms with Crippen LogP contribution in [0.5, 0.6) is 11.5 Å². The number of carbonyl (C=O) groups is 2. The van der Waals surface area contributed by atoms with Gasteiger partial charge in [0.15, 0.2) is 13.2 Å². The third kappa shape index (κ3) is 8.91. The molecule has 2 N–H and O–H groups in total. The number of ether oxygens (including phenoxy) is 2.